The Bertz CT molecular complexity index is 798. The van der Waals surface area contributed by atoms with Crippen LogP contribution in [0.4, 0.5) is 10.1 Å². The van der Waals surface area contributed by atoms with Gasteiger partial charge in [0.25, 0.3) is 5.91 Å². The summed E-state index contributed by atoms with van der Waals surface area (Å²) in [7, 11) is 0. The van der Waals surface area contributed by atoms with E-state index in [4.69, 9.17) is 0 Å². The van der Waals surface area contributed by atoms with Crippen LogP contribution >= 0.6 is 23.5 Å². The molecule has 130 valence electrons. The lowest BCUT2D eigenvalue weighted by Crippen LogP contribution is -2.26. The third kappa shape index (κ3) is 4.76. The number of carbonyl (C=O) groups excluding carboxylic acids is 2. The van der Waals surface area contributed by atoms with E-state index < -0.39 is 0 Å². The minimum absolute atomic E-state index is 0.0559. The number of amides is 2. The van der Waals surface area contributed by atoms with Gasteiger partial charge in [0.15, 0.2) is 0 Å². The number of nitrogens with one attached hydrogen (secondary N) is 2. The highest BCUT2D eigenvalue weighted by Crippen LogP contribution is 2.31. The molecule has 0 saturated carbocycles. The van der Waals surface area contributed by atoms with Crippen LogP contribution in [0.5, 0.6) is 0 Å². The van der Waals surface area contributed by atoms with Crippen molar-refractivity contribution in [2.45, 2.75) is 10.6 Å². The van der Waals surface area contributed by atoms with E-state index >= 15 is 0 Å². The van der Waals surface area contributed by atoms with Crippen LogP contribution in [-0.2, 0) is 10.5 Å². The Morgan fingerprint density at radius 3 is 2.96 bits per heavy atom. The normalized spacial score (nSPS) is 13.1. The molecule has 1 heterocycles. The van der Waals surface area contributed by atoms with Gasteiger partial charge < -0.3 is 10.6 Å². The first-order valence-corrected chi connectivity index (χ1v) is 9.93. The molecule has 1 aliphatic rings. The van der Waals surface area contributed by atoms with Gasteiger partial charge in [-0.05, 0) is 29.8 Å². The number of rotatable bonds is 6. The SMILES string of the molecule is O=C1CSc2ccc(C(=O)NCCSCc3ccccc3F)cc2N1. The summed E-state index contributed by atoms with van der Waals surface area (Å²) in [6.45, 7) is 0.496. The first-order chi connectivity index (χ1) is 12.1. The largest absolute Gasteiger partial charge is 0.351 e. The predicted octanol–water partition coefficient (Wildman–Crippen LogP) is 3.53. The molecule has 0 unspecified atom stereocenters. The molecule has 25 heavy (non-hydrogen) atoms. The summed E-state index contributed by atoms with van der Waals surface area (Å²) in [6.07, 6.45) is 0. The van der Waals surface area contributed by atoms with E-state index in [2.05, 4.69) is 10.6 Å². The van der Waals surface area contributed by atoms with Gasteiger partial charge in [-0.2, -0.15) is 11.8 Å². The zero-order chi connectivity index (χ0) is 17.6. The molecule has 7 heteroatoms. The van der Waals surface area contributed by atoms with E-state index in [9.17, 15) is 14.0 Å². The first-order valence-electron chi connectivity index (χ1n) is 7.79. The van der Waals surface area contributed by atoms with Crippen molar-refractivity contribution in [3.63, 3.8) is 0 Å². The molecule has 0 aromatic heterocycles. The zero-order valence-electron chi connectivity index (χ0n) is 13.4. The number of hydrogen-bond acceptors (Lipinski definition) is 4. The molecule has 3 rings (SSSR count). The van der Waals surface area contributed by atoms with Crippen LogP contribution < -0.4 is 10.6 Å². The Morgan fingerprint density at radius 2 is 2.12 bits per heavy atom. The number of hydrogen-bond donors (Lipinski definition) is 2. The number of thioether (sulfide) groups is 2. The molecule has 2 aromatic rings. The minimum atomic E-state index is -0.201. The molecule has 0 aliphatic carbocycles. The van der Waals surface area contributed by atoms with Crippen LogP contribution in [0.3, 0.4) is 0 Å². The van der Waals surface area contributed by atoms with Crippen molar-refractivity contribution in [3.8, 4) is 0 Å². The van der Waals surface area contributed by atoms with Gasteiger partial charge in [-0.3, -0.25) is 9.59 Å². The monoisotopic (exact) mass is 376 g/mol. The summed E-state index contributed by atoms with van der Waals surface area (Å²) in [5.74, 6) is 1.23. The molecule has 0 saturated heterocycles. The summed E-state index contributed by atoms with van der Waals surface area (Å²) in [5, 5.41) is 5.62. The van der Waals surface area contributed by atoms with Crippen molar-refractivity contribution in [1.29, 1.82) is 0 Å². The number of halogens is 1. The number of anilines is 1. The second-order valence-corrected chi connectivity index (χ2v) is 7.57. The summed E-state index contributed by atoms with van der Waals surface area (Å²) < 4.78 is 13.5. The van der Waals surface area contributed by atoms with Gasteiger partial charge in [0.05, 0.1) is 11.4 Å². The minimum Gasteiger partial charge on any atom is -0.351 e. The van der Waals surface area contributed by atoms with Gasteiger partial charge in [-0.25, -0.2) is 4.39 Å². The van der Waals surface area contributed by atoms with Crippen LogP contribution in [-0.4, -0.2) is 29.9 Å². The summed E-state index contributed by atoms with van der Waals surface area (Å²) in [4.78, 5) is 24.6. The second-order valence-electron chi connectivity index (χ2n) is 5.45. The molecule has 2 aromatic carbocycles. The van der Waals surface area contributed by atoms with E-state index in [1.165, 1.54) is 17.8 Å². The standard InChI is InChI=1S/C18H17FN2O2S2/c19-14-4-2-1-3-13(14)10-24-8-7-20-18(23)12-5-6-16-15(9-12)21-17(22)11-25-16/h1-6,9H,7-8,10-11H2,(H,20,23)(H,21,22). The number of fused-ring (bicyclic) bond motifs is 1. The van der Waals surface area contributed by atoms with E-state index in [1.807, 2.05) is 12.1 Å². The highest BCUT2D eigenvalue weighted by molar-refractivity contribution is 8.00. The van der Waals surface area contributed by atoms with Crippen molar-refractivity contribution < 1.29 is 14.0 Å². The molecule has 0 fully saturated rings. The Balaban J connectivity index is 1.46. The molecule has 2 N–H and O–H groups in total. The highest BCUT2D eigenvalue weighted by atomic mass is 32.2. The van der Waals surface area contributed by atoms with Gasteiger partial charge in [0.1, 0.15) is 5.82 Å². The lowest BCUT2D eigenvalue weighted by molar-refractivity contribution is -0.113. The van der Waals surface area contributed by atoms with E-state index in [1.54, 1.807) is 36.0 Å². The maximum Gasteiger partial charge on any atom is 0.251 e. The van der Waals surface area contributed by atoms with Crippen LogP contribution in [0, 0.1) is 5.82 Å². The fourth-order valence-corrected chi connectivity index (χ4v) is 3.99. The van der Waals surface area contributed by atoms with Crippen molar-refractivity contribution in [2.75, 3.05) is 23.4 Å². The number of carbonyl (C=O) groups is 2. The van der Waals surface area contributed by atoms with E-state index in [0.29, 0.717) is 40.6 Å². The van der Waals surface area contributed by atoms with Crippen molar-refractivity contribution >= 4 is 41.0 Å². The quantitative estimate of drug-likeness (QED) is 0.757. The fraction of sp³-hybridized carbons (Fsp3) is 0.222. The van der Waals surface area contributed by atoms with Crippen molar-refractivity contribution in [2.24, 2.45) is 0 Å². The molecule has 0 bridgehead atoms. The Kier molecular flexibility index (Phi) is 5.99. The van der Waals surface area contributed by atoms with Crippen molar-refractivity contribution in [1.82, 2.24) is 5.32 Å². The van der Waals surface area contributed by atoms with Gasteiger partial charge >= 0.3 is 0 Å². The van der Waals surface area contributed by atoms with E-state index in [0.717, 1.165) is 4.90 Å². The Morgan fingerprint density at radius 1 is 1.28 bits per heavy atom. The number of benzene rings is 2. The highest BCUT2D eigenvalue weighted by Gasteiger charge is 2.17. The second kappa shape index (κ2) is 8.40. The lowest BCUT2D eigenvalue weighted by Gasteiger charge is -2.16. The zero-order valence-corrected chi connectivity index (χ0v) is 15.0. The van der Waals surface area contributed by atoms with Gasteiger partial charge in [0, 0.05) is 28.5 Å². The average Bonchev–Trinajstić information content (AvgIpc) is 2.62. The molecule has 4 nitrogen and oxygen atoms in total. The Labute approximate surface area is 154 Å². The molecule has 1 aliphatic heterocycles. The molecular weight excluding hydrogens is 359 g/mol. The summed E-state index contributed by atoms with van der Waals surface area (Å²) in [6, 6.07) is 12.0. The molecule has 2 amide bonds. The van der Waals surface area contributed by atoms with E-state index in [-0.39, 0.29) is 17.6 Å². The molecule has 0 spiro atoms. The maximum atomic E-state index is 13.5. The molecule has 0 radical (unpaired) electrons. The van der Waals surface area contributed by atoms with Gasteiger partial charge in [0.2, 0.25) is 5.91 Å². The van der Waals surface area contributed by atoms with Gasteiger partial charge in [-0.1, -0.05) is 18.2 Å². The van der Waals surface area contributed by atoms with Gasteiger partial charge in [-0.15, -0.1) is 11.8 Å². The lowest BCUT2D eigenvalue weighted by atomic mass is 10.2. The molecule has 0 atom stereocenters. The smallest absolute Gasteiger partial charge is 0.251 e. The average molecular weight is 376 g/mol. The Hall–Kier alpha value is -1.99. The van der Waals surface area contributed by atoms with Crippen molar-refractivity contribution in [3.05, 3.63) is 59.4 Å². The van der Waals surface area contributed by atoms with Crippen LogP contribution in [0.1, 0.15) is 15.9 Å². The van der Waals surface area contributed by atoms with Crippen LogP contribution in [0.25, 0.3) is 0 Å². The predicted molar refractivity (Wildman–Crippen MR) is 101 cm³/mol. The summed E-state index contributed by atoms with van der Waals surface area (Å²) in [5.41, 5.74) is 1.87. The topological polar surface area (TPSA) is 58.2 Å². The summed E-state index contributed by atoms with van der Waals surface area (Å²) >= 11 is 3.03. The maximum absolute atomic E-state index is 13.5. The third-order valence-electron chi connectivity index (χ3n) is 3.62. The van der Waals surface area contributed by atoms with Crippen LogP contribution in [0.2, 0.25) is 0 Å². The fourth-order valence-electron chi connectivity index (χ4n) is 2.36. The van der Waals surface area contributed by atoms with Crippen LogP contribution in [0.15, 0.2) is 47.4 Å². The third-order valence-corrected chi connectivity index (χ3v) is 5.70. The molecular formula is C18H17FN2O2S2. The first kappa shape index (κ1) is 17.8.